The van der Waals surface area contributed by atoms with Gasteiger partial charge >= 0.3 is 6.09 Å². The third-order valence-electron chi connectivity index (χ3n) is 3.34. The van der Waals surface area contributed by atoms with Gasteiger partial charge in [0.15, 0.2) is 0 Å². The molecule has 0 saturated heterocycles. The third-order valence-corrected chi connectivity index (χ3v) is 3.59. The predicted molar refractivity (Wildman–Crippen MR) is 92.8 cm³/mol. The minimum absolute atomic E-state index is 0.144. The van der Waals surface area contributed by atoms with Crippen molar-refractivity contribution in [3.8, 4) is 0 Å². The Bertz CT molecular complexity index is 546. The van der Waals surface area contributed by atoms with E-state index in [1.54, 1.807) is 38.1 Å². The van der Waals surface area contributed by atoms with Crippen molar-refractivity contribution in [2.75, 3.05) is 6.61 Å². The average molecular weight is 357 g/mol. The van der Waals surface area contributed by atoms with Crippen LogP contribution in [0, 0.1) is 5.92 Å². The maximum atomic E-state index is 12.5. The molecule has 2 unspecified atom stereocenters. The van der Waals surface area contributed by atoms with Crippen molar-refractivity contribution < 1.29 is 19.4 Å². The zero-order chi connectivity index (χ0) is 18.3. The summed E-state index contributed by atoms with van der Waals surface area (Å²) >= 11 is 5.84. The molecule has 24 heavy (non-hydrogen) atoms. The van der Waals surface area contributed by atoms with Gasteiger partial charge in [0.25, 0.3) is 0 Å². The fourth-order valence-electron chi connectivity index (χ4n) is 2.10. The lowest BCUT2D eigenvalue weighted by Crippen LogP contribution is -2.51. The topological polar surface area (TPSA) is 87.7 Å². The van der Waals surface area contributed by atoms with Crippen molar-refractivity contribution >= 4 is 23.6 Å². The molecule has 3 N–H and O–H groups in total. The molecule has 0 radical (unpaired) electrons. The van der Waals surface area contributed by atoms with Gasteiger partial charge in [0.1, 0.15) is 6.04 Å². The smallest absolute Gasteiger partial charge is 0.408 e. The average Bonchev–Trinajstić information content (AvgIpc) is 2.50. The number of halogens is 1. The van der Waals surface area contributed by atoms with Gasteiger partial charge in [-0.25, -0.2) is 4.79 Å². The molecule has 0 fully saturated rings. The zero-order valence-electron chi connectivity index (χ0n) is 14.4. The first-order chi connectivity index (χ1) is 11.2. The van der Waals surface area contributed by atoms with E-state index in [-0.39, 0.29) is 24.5 Å². The lowest BCUT2D eigenvalue weighted by molar-refractivity contribution is -0.125. The Hall–Kier alpha value is -1.79. The van der Waals surface area contributed by atoms with Gasteiger partial charge < -0.3 is 20.5 Å². The van der Waals surface area contributed by atoms with Crippen molar-refractivity contribution in [1.29, 1.82) is 0 Å². The first kappa shape index (κ1) is 20.3. The van der Waals surface area contributed by atoms with Crippen LogP contribution in [0.5, 0.6) is 0 Å². The summed E-state index contributed by atoms with van der Waals surface area (Å²) in [4.78, 5) is 24.3. The van der Waals surface area contributed by atoms with Crippen molar-refractivity contribution in [3.05, 3.63) is 34.9 Å². The Balaban J connectivity index is 2.78. The van der Waals surface area contributed by atoms with Crippen LogP contribution in [0.1, 0.15) is 39.3 Å². The van der Waals surface area contributed by atoms with Crippen LogP contribution in [0.2, 0.25) is 5.02 Å². The van der Waals surface area contributed by atoms with E-state index < -0.39 is 18.2 Å². The normalized spacial score (nSPS) is 13.5. The Labute approximate surface area is 147 Å². The second kappa shape index (κ2) is 9.49. The van der Waals surface area contributed by atoms with E-state index in [0.717, 1.165) is 5.56 Å². The molecular weight excluding hydrogens is 332 g/mol. The lowest BCUT2D eigenvalue weighted by atomic mass is 10.0. The van der Waals surface area contributed by atoms with Crippen LogP contribution < -0.4 is 10.6 Å². The number of nitrogens with one attached hydrogen (secondary N) is 2. The van der Waals surface area contributed by atoms with Crippen LogP contribution in [0.15, 0.2) is 24.3 Å². The largest absolute Gasteiger partial charge is 0.447 e. The summed E-state index contributed by atoms with van der Waals surface area (Å²) in [5, 5.41) is 15.4. The highest BCUT2D eigenvalue weighted by atomic mass is 35.5. The van der Waals surface area contributed by atoms with E-state index >= 15 is 0 Å². The number of ether oxygens (including phenoxy) is 1. The maximum Gasteiger partial charge on any atom is 0.408 e. The lowest BCUT2D eigenvalue weighted by Gasteiger charge is -2.25. The van der Waals surface area contributed by atoms with Gasteiger partial charge in [-0.3, -0.25) is 4.79 Å². The van der Waals surface area contributed by atoms with Gasteiger partial charge in [-0.1, -0.05) is 37.6 Å². The first-order valence-corrected chi connectivity index (χ1v) is 8.26. The molecule has 2 amide bonds. The van der Waals surface area contributed by atoms with Gasteiger partial charge in [0, 0.05) is 5.02 Å². The standard InChI is InChI=1S/C17H25ClN2O4/c1-10(2)15(20-17(23)24-11(3)4)16(22)19-14(9-21)12-5-7-13(18)8-6-12/h5-8,10-11,14-15,21H,9H2,1-4H3,(H,19,22)(H,20,23). The van der Waals surface area contributed by atoms with Gasteiger partial charge in [0.05, 0.1) is 18.8 Å². The van der Waals surface area contributed by atoms with E-state index in [0.29, 0.717) is 5.02 Å². The quantitative estimate of drug-likeness (QED) is 0.700. The van der Waals surface area contributed by atoms with Gasteiger partial charge in [-0.05, 0) is 37.5 Å². The molecule has 1 aromatic rings. The van der Waals surface area contributed by atoms with Gasteiger partial charge in [-0.15, -0.1) is 0 Å². The Kier molecular flexibility index (Phi) is 8.01. The summed E-state index contributed by atoms with van der Waals surface area (Å²) in [5.41, 5.74) is 0.725. The molecule has 0 aliphatic heterocycles. The molecule has 0 aliphatic carbocycles. The molecule has 0 spiro atoms. The number of carbonyl (C=O) groups excluding carboxylic acids is 2. The molecule has 2 atom stereocenters. The van der Waals surface area contributed by atoms with Crippen molar-refractivity contribution in [1.82, 2.24) is 10.6 Å². The Morgan fingerprint density at radius 2 is 1.71 bits per heavy atom. The number of benzene rings is 1. The highest BCUT2D eigenvalue weighted by molar-refractivity contribution is 6.30. The molecule has 1 rings (SSSR count). The molecule has 0 bridgehead atoms. The number of amides is 2. The molecule has 7 heteroatoms. The minimum Gasteiger partial charge on any atom is -0.447 e. The number of carbonyl (C=O) groups is 2. The number of hydrogen-bond donors (Lipinski definition) is 3. The number of hydrogen-bond acceptors (Lipinski definition) is 4. The van der Waals surface area contributed by atoms with Gasteiger partial charge in [-0.2, -0.15) is 0 Å². The molecule has 0 aromatic heterocycles. The summed E-state index contributed by atoms with van der Waals surface area (Å²) in [6.45, 7) is 6.82. The SMILES string of the molecule is CC(C)OC(=O)NC(C(=O)NC(CO)c1ccc(Cl)cc1)C(C)C. The monoisotopic (exact) mass is 356 g/mol. The van der Waals surface area contributed by atoms with Crippen LogP contribution in [0.4, 0.5) is 4.79 Å². The molecule has 0 saturated carbocycles. The van der Waals surface area contributed by atoms with Crippen molar-refractivity contribution in [3.63, 3.8) is 0 Å². The minimum atomic E-state index is -0.766. The van der Waals surface area contributed by atoms with Gasteiger partial charge in [0.2, 0.25) is 5.91 Å². The second-order valence-corrected chi connectivity index (χ2v) is 6.55. The third kappa shape index (κ3) is 6.37. The number of aliphatic hydroxyl groups excluding tert-OH is 1. The van der Waals surface area contributed by atoms with E-state index in [1.807, 2.05) is 13.8 Å². The number of aliphatic hydroxyl groups is 1. The molecule has 6 nitrogen and oxygen atoms in total. The summed E-state index contributed by atoms with van der Waals surface area (Å²) in [6.07, 6.45) is -0.925. The molecular formula is C17H25ClN2O4. The first-order valence-electron chi connectivity index (χ1n) is 7.88. The maximum absolute atomic E-state index is 12.5. The van der Waals surface area contributed by atoms with Crippen molar-refractivity contribution in [2.45, 2.75) is 45.9 Å². The molecule has 1 aromatic carbocycles. The summed E-state index contributed by atoms with van der Waals surface area (Å²) in [7, 11) is 0. The van der Waals surface area contributed by atoms with Crippen LogP contribution in [-0.2, 0) is 9.53 Å². The van der Waals surface area contributed by atoms with Crippen LogP contribution in [0.3, 0.4) is 0 Å². The molecule has 0 heterocycles. The van der Waals surface area contributed by atoms with E-state index in [2.05, 4.69) is 10.6 Å². The Morgan fingerprint density at radius 1 is 1.12 bits per heavy atom. The Morgan fingerprint density at radius 3 is 2.17 bits per heavy atom. The van der Waals surface area contributed by atoms with Crippen LogP contribution >= 0.6 is 11.6 Å². The molecule has 134 valence electrons. The highest BCUT2D eigenvalue weighted by Gasteiger charge is 2.27. The predicted octanol–water partition coefficient (Wildman–Crippen LogP) is 2.65. The summed E-state index contributed by atoms with van der Waals surface area (Å²) in [5.74, 6) is -0.533. The fraction of sp³-hybridized carbons (Fsp3) is 0.529. The highest BCUT2D eigenvalue weighted by Crippen LogP contribution is 2.17. The van der Waals surface area contributed by atoms with E-state index in [9.17, 15) is 14.7 Å². The van der Waals surface area contributed by atoms with Crippen molar-refractivity contribution in [2.24, 2.45) is 5.92 Å². The number of rotatable bonds is 7. The summed E-state index contributed by atoms with van der Waals surface area (Å²) in [6, 6.07) is 5.48. The molecule has 0 aliphatic rings. The van der Waals surface area contributed by atoms with E-state index in [1.165, 1.54) is 0 Å². The van der Waals surface area contributed by atoms with Crippen LogP contribution in [-0.4, -0.2) is 35.9 Å². The van der Waals surface area contributed by atoms with E-state index in [4.69, 9.17) is 16.3 Å². The second-order valence-electron chi connectivity index (χ2n) is 6.12. The fourth-order valence-corrected chi connectivity index (χ4v) is 2.23. The van der Waals surface area contributed by atoms with Crippen LogP contribution in [0.25, 0.3) is 0 Å². The zero-order valence-corrected chi connectivity index (χ0v) is 15.1. The summed E-state index contributed by atoms with van der Waals surface area (Å²) < 4.78 is 5.02. The number of alkyl carbamates (subject to hydrolysis) is 1.